The van der Waals surface area contributed by atoms with E-state index in [9.17, 15) is 9.59 Å². The van der Waals surface area contributed by atoms with E-state index in [1.54, 1.807) is 0 Å². The van der Waals surface area contributed by atoms with E-state index in [0.29, 0.717) is 13.0 Å². The average Bonchev–Trinajstić information content (AvgIpc) is 2.46. The minimum Gasteiger partial charge on any atom is -0.441 e. The molecule has 0 radical (unpaired) electrons. The van der Waals surface area contributed by atoms with Crippen molar-refractivity contribution in [3.8, 4) is 0 Å². The van der Waals surface area contributed by atoms with Crippen molar-refractivity contribution in [1.82, 2.24) is 5.32 Å². The lowest BCUT2D eigenvalue weighted by atomic mass is 9.96. The van der Waals surface area contributed by atoms with Gasteiger partial charge in [-0.15, -0.1) is 0 Å². The second-order valence-corrected chi connectivity index (χ2v) is 8.22. The van der Waals surface area contributed by atoms with Crippen LogP contribution in [0.2, 0.25) is 19.1 Å². The molecule has 1 heterocycles. The summed E-state index contributed by atoms with van der Waals surface area (Å²) in [4.78, 5) is 22.4. The van der Waals surface area contributed by atoms with Crippen molar-refractivity contribution in [2.24, 2.45) is 5.92 Å². The number of carbonyl (C=O) groups excluding carboxylic acids is 2. The number of unbranched alkanes of at least 4 members (excludes halogenated alkanes) is 1. The van der Waals surface area contributed by atoms with Gasteiger partial charge in [0, 0.05) is 16.3 Å². The van der Waals surface area contributed by atoms with Crippen LogP contribution in [0.15, 0.2) is 0 Å². The van der Waals surface area contributed by atoms with Gasteiger partial charge in [-0.25, -0.2) is 0 Å². The van der Waals surface area contributed by atoms with E-state index in [2.05, 4.69) is 12.2 Å². The number of rotatable bonds is 8. The summed E-state index contributed by atoms with van der Waals surface area (Å²) in [6, 6.07) is 0.820. The molecule has 1 aliphatic rings. The fourth-order valence-corrected chi connectivity index (χ4v) is 3.63. The fourth-order valence-electron chi connectivity index (χ4n) is 1.94. The van der Waals surface area contributed by atoms with Gasteiger partial charge in [0.2, 0.25) is 5.91 Å². The number of nitrogens with one attached hydrogen (secondary N) is 1. The molecule has 1 saturated heterocycles. The van der Waals surface area contributed by atoms with Crippen LogP contribution in [0.25, 0.3) is 0 Å². The monoisotopic (exact) mass is 291 g/mol. The van der Waals surface area contributed by atoms with E-state index >= 15 is 0 Å². The lowest BCUT2D eigenvalue weighted by molar-refractivity contribution is -0.168. The van der Waals surface area contributed by atoms with Crippen molar-refractivity contribution in [1.29, 1.82) is 0 Å². The second kappa shape index (κ2) is 7.05. The number of amides is 1. The molecule has 6 heteroatoms. The number of hydrogen-bond acceptors (Lipinski definition) is 4. The molecular formula is C13H25NO4Si. The lowest BCUT2D eigenvalue weighted by Gasteiger charge is -2.36. The molecular weight excluding hydrogens is 262 g/mol. The summed E-state index contributed by atoms with van der Waals surface area (Å²) in [5.41, 5.74) is 0. The molecule has 0 saturated carbocycles. The molecule has 0 aromatic carbocycles. The number of esters is 1. The van der Waals surface area contributed by atoms with Gasteiger partial charge in [-0.1, -0.05) is 19.8 Å². The highest BCUT2D eigenvalue weighted by Gasteiger charge is 2.41. The second-order valence-electron chi connectivity index (χ2n) is 5.07. The van der Waals surface area contributed by atoms with E-state index in [0.717, 1.165) is 18.9 Å². The third kappa shape index (κ3) is 5.32. The Morgan fingerprint density at radius 1 is 1.53 bits per heavy atom. The van der Waals surface area contributed by atoms with Gasteiger partial charge in [0.05, 0.1) is 5.92 Å². The smallest absolute Gasteiger partial charge is 0.304 e. The fraction of sp³-hybridized carbons (Fsp3) is 0.846. The molecule has 0 spiro atoms. The summed E-state index contributed by atoms with van der Waals surface area (Å²) in [5, 5.41) is 2.53. The summed E-state index contributed by atoms with van der Waals surface area (Å²) in [6.07, 6.45) is 1.91. The largest absolute Gasteiger partial charge is 0.441 e. The predicted octanol–water partition coefficient (Wildman–Crippen LogP) is 2.03. The van der Waals surface area contributed by atoms with Gasteiger partial charge in [0.25, 0.3) is 0 Å². The van der Waals surface area contributed by atoms with Gasteiger partial charge < -0.3 is 14.5 Å². The first kappa shape index (κ1) is 13.1. The molecule has 1 amide bonds. The molecule has 110 valence electrons. The van der Waals surface area contributed by atoms with Crippen LogP contribution < -0.4 is 5.32 Å². The molecule has 2 atom stereocenters. The molecule has 0 aliphatic carbocycles. The van der Waals surface area contributed by atoms with E-state index in [1.807, 2.05) is 0 Å². The standard InChI is InChI=1S/C13H25NO4Si/c1-5-6-9-19(3,4)17-8-7-11-12(16)14-13(11)18-10(2)15/h11,13H,5-9H2,1-4H3,(H,14,16)/t11-,13+/m0/s1/i3T,4T. The molecule has 0 aromatic heterocycles. The van der Waals surface area contributed by atoms with E-state index < -0.39 is 20.5 Å². The van der Waals surface area contributed by atoms with Crippen LogP contribution in [0.3, 0.4) is 0 Å². The molecule has 1 rings (SSSR count). The molecule has 5 nitrogen and oxygen atoms in total. The number of ether oxygens (including phenoxy) is 1. The van der Waals surface area contributed by atoms with Gasteiger partial charge >= 0.3 is 5.97 Å². The average molecular weight is 291 g/mol. The first-order chi connectivity index (χ1) is 9.98. The number of β-lactam (4-membered cyclic amide) rings is 1. The van der Waals surface area contributed by atoms with Crippen molar-refractivity contribution in [3.05, 3.63) is 0 Å². The Hall–Kier alpha value is -0.883. The molecule has 1 fully saturated rings. The third-order valence-electron chi connectivity index (χ3n) is 3.10. The van der Waals surface area contributed by atoms with Gasteiger partial charge in [-0.2, -0.15) is 0 Å². The Morgan fingerprint density at radius 3 is 2.79 bits per heavy atom. The van der Waals surface area contributed by atoms with Gasteiger partial charge in [-0.05, 0) is 25.5 Å². The van der Waals surface area contributed by atoms with E-state index in [-0.39, 0.29) is 24.9 Å². The van der Waals surface area contributed by atoms with Crippen LogP contribution in [0.4, 0.5) is 0 Å². The predicted molar refractivity (Wildman–Crippen MR) is 75.0 cm³/mol. The first-order valence-corrected chi connectivity index (χ1v) is 9.21. The van der Waals surface area contributed by atoms with Crippen LogP contribution in [0, 0.1) is 5.92 Å². The normalized spacial score (nSPS) is 24.0. The zero-order valence-corrected chi connectivity index (χ0v) is 12.7. The van der Waals surface area contributed by atoms with E-state index in [4.69, 9.17) is 11.9 Å². The highest BCUT2D eigenvalue weighted by atomic mass is 28.4. The maximum absolute atomic E-state index is 11.5. The van der Waals surface area contributed by atoms with Gasteiger partial charge in [0.1, 0.15) is 0 Å². The van der Waals surface area contributed by atoms with Crippen molar-refractivity contribution in [2.75, 3.05) is 6.61 Å². The maximum atomic E-state index is 11.5. The minimum absolute atomic E-state index is 0.137. The third-order valence-corrected chi connectivity index (χ3v) is 5.18. The molecule has 1 aliphatic heterocycles. The minimum atomic E-state index is -2.30. The number of hydrogen-bond donors (Lipinski definition) is 1. The van der Waals surface area contributed by atoms with Crippen molar-refractivity contribution in [2.45, 2.75) is 58.4 Å². The summed E-state index contributed by atoms with van der Waals surface area (Å²) >= 11 is 0. The Balaban J connectivity index is 2.42. The SMILES string of the molecule is [3H]C[Si](C[3H])(CCCC)OCC[C@H]1C(=O)N[C@@H]1OC(C)=O. The van der Waals surface area contributed by atoms with Crippen molar-refractivity contribution >= 4 is 20.2 Å². The maximum Gasteiger partial charge on any atom is 0.304 e. The lowest BCUT2D eigenvalue weighted by Crippen LogP contribution is -2.60. The van der Waals surface area contributed by atoms with Crippen LogP contribution in [0.1, 0.15) is 35.9 Å². The summed E-state index contributed by atoms with van der Waals surface area (Å²) in [5.74, 6) is -0.930. The van der Waals surface area contributed by atoms with Crippen LogP contribution in [0.5, 0.6) is 0 Å². The molecule has 1 N–H and O–H groups in total. The molecule has 0 aromatic rings. The van der Waals surface area contributed by atoms with Crippen LogP contribution >= 0.6 is 0 Å². The summed E-state index contributed by atoms with van der Waals surface area (Å²) in [6.45, 7) is 4.10. The zero-order chi connectivity index (χ0) is 15.9. The Morgan fingerprint density at radius 2 is 2.26 bits per heavy atom. The Kier molecular flexibility index (Phi) is 4.87. The van der Waals surface area contributed by atoms with Crippen molar-refractivity contribution < 1.29 is 21.5 Å². The van der Waals surface area contributed by atoms with Crippen molar-refractivity contribution in [3.63, 3.8) is 0 Å². The molecule has 19 heavy (non-hydrogen) atoms. The Labute approximate surface area is 119 Å². The quantitative estimate of drug-likeness (QED) is 0.422. The highest BCUT2D eigenvalue weighted by molar-refractivity contribution is 6.71. The van der Waals surface area contributed by atoms with Crippen LogP contribution in [-0.4, -0.2) is 33.0 Å². The van der Waals surface area contributed by atoms with Gasteiger partial charge in [-0.3, -0.25) is 9.59 Å². The molecule has 0 unspecified atom stereocenters. The highest BCUT2D eigenvalue weighted by Crippen LogP contribution is 2.22. The Bertz CT molecular complexity index is 366. The van der Waals surface area contributed by atoms with E-state index in [1.165, 1.54) is 6.92 Å². The topological polar surface area (TPSA) is 64.6 Å². The van der Waals surface area contributed by atoms with Crippen LogP contribution in [-0.2, 0) is 18.8 Å². The zero-order valence-electron chi connectivity index (χ0n) is 13.7. The molecule has 0 bridgehead atoms. The van der Waals surface area contributed by atoms with Gasteiger partial charge in [0.15, 0.2) is 14.5 Å². The first-order valence-electron chi connectivity index (χ1n) is 8.09. The summed E-state index contributed by atoms with van der Waals surface area (Å²) < 4.78 is 26.2. The summed E-state index contributed by atoms with van der Waals surface area (Å²) in [7, 11) is -2.30. The number of carbonyl (C=O) groups is 2.